The van der Waals surface area contributed by atoms with Crippen molar-refractivity contribution in [3.8, 4) is 0 Å². The lowest BCUT2D eigenvalue weighted by Gasteiger charge is -1.88. The highest BCUT2D eigenvalue weighted by molar-refractivity contribution is 9.10. The maximum Gasteiger partial charge on any atom is 0.0636 e. The van der Waals surface area contributed by atoms with E-state index < -0.39 is 0 Å². The predicted octanol–water partition coefficient (Wildman–Crippen LogP) is 2.67. The third-order valence-electron chi connectivity index (χ3n) is 0.962. The Bertz CT molecular complexity index is 203. The summed E-state index contributed by atoms with van der Waals surface area (Å²) in [5.41, 5.74) is 0.952. The first-order valence-electron chi connectivity index (χ1n) is 2.46. The molecular formula is C7H4BrS. The predicted molar refractivity (Wildman–Crippen MR) is 45.8 cm³/mol. The Balaban J connectivity index is 3.01. The normalized spacial score (nSPS) is 9.00. The van der Waals surface area contributed by atoms with Crippen molar-refractivity contribution in [2.24, 2.45) is 0 Å². The number of rotatable bonds is 1. The molecule has 9 heavy (non-hydrogen) atoms. The molecule has 45 valence electrons. The zero-order chi connectivity index (χ0) is 6.69. The molecule has 0 saturated heterocycles. The minimum atomic E-state index is 0.952. The van der Waals surface area contributed by atoms with E-state index in [0.717, 1.165) is 10.0 Å². The molecule has 1 rings (SSSR count). The highest BCUT2D eigenvalue weighted by Crippen LogP contribution is 2.08. The Hall–Kier alpha value is -0.210. The Kier molecular flexibility index (Phi) is 2.37. The molecule has 0 N–H and O–H groups in total. The summed E-state index contributed by atoms with van der Waals surface area (Å²) in [6.45, 7) is 0. The molecule has 2 heteroatoms. The minimum Gasteiger partial charge on any atom is -0.0778 e. The molecule has 0 atom stereocenters. The van der Waals surface area contributed by atoms with Gasteiger partial charge in [-0.05, 0) is 17.7 Å². The van der Waals surface area contributed by atoms with Crippen molar-refractivity contribution in [2.75, 3.05) is 0 Å². The van der Waals surface area contributed by atoms with Crippen LogP contribution in [0.3, 0.4) is 0 Å². The van der Waals surface area contributed by atoms with E-state index in [1.165, 1.54) is 0 Å². The Morgan fingerprint density at radius 3 is 2.22 bits per heavy atom. The van der Waals surface area contributed by atoms with E-state index in [1.807, 2.05) is 24.3 Å². The molecule has 0 fully saturated rings. The number of hydrogen-bond donors (Lipinski definition) is 0. The molecule has 0 amide bonds. The van der Waals surface area contributed by atoms with E-state index in [-0.39, 0.29) is 0 Å². The van der Waals surface area contributed by atoms with E-state index >= 15 is 0 Å². The number of benzene rings is 1. The maximum absolute atomic E-state index is 4.60. The van der Waals surface area contributed by atoms with Crippen LogP contribution in [0.4, 0.5) is 0 Å². The van der Waals surface area contributed by atoms with Crippen molar-refractivity contribution >= 4 is 33.5 Å². The van der Waals surface area contributed by atoms with Gasteiger partial charge in [-0.1, -0.05) is 40.3 Å². The van der Waals surface area contributed by atoms with Crippen LogP contribution in [-0.2, 0) is 0 Å². The quantitative estimate of drug-likeness (QED) is 0.628. The monoisotopic (exact) mass is 199 g/mol. The van der Waals surface area contributed by atoms with Crippen molar-refractivity contribution in [2.45, 2.75) is 0 Å². The van der Waals surface area contributed by atoms with E-state index in [9.17, 15) is 0 Å². The molecule has 0 spiro atoms. The van der Waals surface area contributed by atoms with Crippen molar-refractivity contribution in [3.05, 3.63) is 34.3 Å². The summed E-state index contributed by atoms with van der Waals surface area (Å²) in [4.78, 5) is 0. The summed E-state index contributed by atoms with van der Waals surface area (Å²) in [6, 6.07) is 7.71. The van der Waals surface area contributed by atoms with Gasteiger partial charge in [-0.25, -0.2) is 0 Å². The van der Waals surface area contributed by atoms with Crippen LogP contribution in [0.2, 0.25) is 0 Å². The van der Waals surface area contributed by atoms with Gasteiger partial charge in [0.05, 0.1) is 5.37 Å². The van der Waals surface area contributed by atoms with E-state index in [0.29, 0.717) is 0 Å². The summed E-state index contributed by atoms with van der Waals surface area (Å²) in [7, 11) is 0. The molecule has 0 aromatic heterocycles. The lowest BCUT2D eigenvalue weighted by molar-refractivity contribution is 1.64. The fourth-order valence-corrected chi connectivity index (χ4v) is 0.918. The summed E-state index contributed by atoms with van der Waals surface area (Å²) in [6.07, 6.45) is 0. The van der Waals surface area contributed by atoms with Crippen molar-refractivity contribution in [1.82, 2.24) is 0 Å². The second-order valence-corrected chi connectivity index (χ2v) is 2.73. The van der Waals surface area contributed by atoms with Gasteiger partial charge in [-0.3, -0.25) is 0 Å². The molecule has 0 unspecified atom stereocenters. The molecule has 0 aliphatic carbocycles. The third-order valence-corrected chi connectivity index (χ3v) is 1.73. The first-order chi connectivity index (χ1) is 4.33. The molecular weight excluding hydrogens is 196 g/mol. The molecule has 0 heterocycles. The molecule has 0 saturated carbocycles. The van der Waals surface area contributed by atoms with Gasteiger partial charge in [0.2, 0.25) is 0 Å². The first-order valence-corrected chi connectivity index (χ1v) is 3.67. The number of halogens is 1. The number of hydrogen-bond acceptors (Lipinski definition) is 1. The van der Waals surface area contributed by atoms with Crippen LogP contribution < -0.4 is 0 Å². The average Bonchev–Trinajstić information content (AvgIpc) is 1.90. The van der Waals surface area contributed by atoms with E-state index in [1.54, 1.807) is 0 Å². The van der Waals surface area contributed by atoms with E-state index in [4.69, 9.17) is 0 Å². The highest BCUT2D eigenvalue weighted by Gasteiger charge is 1.85. The lowest BCUT2D eigenvalue weighted by atomic mass is 10.2. The van der Waals surface area contributed by atoms with Gasteiger partial charge in [0.15, 0.2) is 0 Å². The zero-order valence-electron chi connectivity index (χ0n) is 4.60. The summed E-state index contributed by atoms with van der Waals surface area (Å²) < 4.78 is 1.07. The van der Waals surface area contributed by atoms with Crippen LogP contribution in [0.5, 0.6) is 0 Å². The van der Waals surface area contributed by atoms with Crippen molar-refractivity contribution in [3.63, 3.8) is 0 Å². The Morgan fingerprint density at radius 1 is 1.22 bits per heavy atom. The molecule has 1 aromatic rings. The second-order valence-electron chi connectivity index (χ2n) is 1.61. The van der Waals surface area contributed by atoms with Crippen LogP contribution in [0.15, 0.2) is 28.7 Å². The van der Waals surface area contributed by atoms with Gasteiger partial charge in [-0.2, -0.15) is 0 Å². The fraction of sp³-hybridized carbons (Fsp3) is 0. The highest BCUT2D eigenvalue weighted by atomic mass is 79.9. The molecule has 0 aliphatic rings. The third kappa shape index (κ3) is 1.88. The molecule has 1 aromatic carbocycles. The molecule has 0 bridgehead atoms. The Morgan fingerprint density at radius 2 is 1.78 bits per heavy atom. The molecule has 0 nitrogen and oxygen atoms in total. The van der Waals surface area contributed by atoms with Crippen LogP contribution in [0.25, 0.3) is 0 Å². The van der Waals surface area contributed by atoms with E-state index in [2.05, 4.69) is 33.5 Å². The first kappa shape index (κ1) is 6.90. The summed E-state index contributed by atoms with van der Waals surface area (Å²) in [5, 5.41) is 2.62. The molecule has 0 aliphatic heterocycles. The molecule has 1 radical (unpaired) electrons. The minimum absolute atomic E-state index is 0.952. The van der Waals surface area contributed by atoms with Gasteiger partial charge in [-0.15, -0.1) is 0 Å². The van der Waals surface area contributed by atoms with Gasteiger partial charge in [0, 0.05) is 4.47 Å². The van der Waals surface area contributed by atoms with Crippen molar-refractivity contribution < 1.29 is 0 Å². The smallest absolute Gasteiger partial charge is 0.0636 e. The van der Waals surface area contributed by atoms with Crippen LogP contribution >= 0.6 is 28.1 Å². The van der Waals surface area contributed by atoms with Crippen LogP contribution in [-0.4, -0.2) is 5.37 Å². The van der Waals surface area contributed by atoms with Gasteiger partial charge >= 0.3 is 0 Å². The lowest BCUT2D eigenvalue weighted by Crippen LogP contribution is -1.73. The maximum atomic E-state index is 4.60. The summed E-state index contributed by atoms with van der Waals surface area (Å²) >= 11 is 7.91. The standard InChI is InChI=1S/C7H4BrS/c8-7-3-1-6(5-9)2-4-7/h1-4H. The van der Waals surface area contributed by atoms with Crippen molar-refractivity contribution in [1.29, 1.82) is 0 Å². The topological polar surface area (TPSA) is 0 Å². The van der Waals surface area contributed by atoms with Gasteiger partial charge in [0.25, 0.3) is 0 Å². The van der Waals surface area contributed by atoms with Crippen LogP contribution in [0.1, 0.15) is 5.56 Å². The van der Waals surface area contributed by atoms with Gasteiger partial charge < -0.3 is 0 Å². The van der Waals surface area contributed by atoms with Crippen LogP contribution in [0, 0.1) is 0 Å². The largest absolute Gasteiger partial charge is 0.0778 e. The van der Waals surface area contributed by atoms with Gasteiger partial charge in [0.1, 0.15) is 0 Å². The number of thiocarbonyl (C=S) groups is 1. The average molecular weight is 200 g/mol. The zero-order valence-corrected chi connectivity index (χ0v) is 7.00. The Labute approximate surface area is 68.0 Å². The summed E-state index contributed by atoms with van der Waals surface area (Å²) in [5.74, 6) is 0. The SMILES string of the molecule is S=[C]c1ccc(Br)cc1. The fourth-order valence-electron chi connectivity index (χ4n) is 0.518. The second kappa shape index (κ2) is 3.08.